The van der Waals surface area contributed by atoms with E-state index in [0.29, 0.717) is 19.4 Å². The molecular weight excluding hydrogens is 410 g/mol. The summed E-state index contributed by atoms with van der Waals surface area (Å²) in [6, 6.07) is 9.72. The molecule has 0 radical (unpaired) electrons. The van der Waals surface area contributed by atoms with Crippen molar-refractivity contribution in [3.05, 3.63) is 35.9 Å². The molecule has 0 aliphatic heterocycles. The molecule has 0 saturated heterocycles. The lowest BCUT2D eigenvalue weighted by Gasteiger charge is -2.46. The molecule has 7 nitrogen and oxygen atoms in total. The number of hydrogen-bond acceptors (Lipinski definition) is 6. The summed E-state index contributed by atoms with van der Waals surface area (Å²) in [5.74, 6) is -0.281. The monoisotopic (exact) mass is 447 g/mol. The van der Waals surface area contributed by atoms with Crippen LogP contribution in [0.1, 0.15) is 58.4 Å². The molecule has 7 heteroatoms. The van der Waals surface area contributed by atoms with E-state index in [1.807, 2.05) is 30.3 Å². The van der Waals surface area contributed by atoms with Crippen LogP contribution in [0.15, 0.2) is 30.3 Å². The molecule has 2 unspecified atom stereocenters. The highest BCUT2D eigenvalue weighted by atomic mass is 16.6. The number of aryl methyl sites for hydroxylation is 1. The van der Waals surface area contributed by atoms with Crippen molar-refractivity contribution < 1.29 is 28.6 Å². The Morgan fingerprint density at radius 2 is 1.69 bits per heavy atom. The predicted molar refractivity (Wildman–Crippen MR) is 121 cm³/mol. The lowest BCUT2D eigenvalue weighted by molar-refractivity contribution is -0.144. The van der Waals surface area contributed by atoms with E-state index in [2.05, 4.69) is 26.1 Å². The summed E-state index contributed by atoms with van der Waals surface area (Å²) in [6.45, 7) is 7.03. The second kappa shape index (κ2) is 11.9. The largest absolute Gasteiger partial charge is 0.469 e. The van der Waals surface area contributed by atoms with Gasteiger partial charge in [-0.25, -0.2) is 4.79 Å². The number of alkyl carbamates (subject to hydrolysis) is 1. The van der Waals surface area contributed by atoms with Crippen LogP contribution >= 0.6 is 0 Å². The van der Waals surface area contributed by atoms with Crippen LogP contribution in [0.2, 0.25) is 0 Å². The third-order valence-corrected chi connectivity index (χ3v) is 5.91. The molecular formula is C25H37NO6. The number of benzene rings is 1. The Morgan fingerprint density at radius 1 is 1.00 bits per heavy atom. The molecule has 2 atom stereocenters. The van der Waals surface area contributed by atoms with E-state index in [1.165, 1.54) is 7.11 Å². The van der Waals surface area contributed by atoms with Crippen LogP contribution < -0.4 is 5.32 Å². The van der Waals surface area contributed by atoms with Gasteiger partial charge in [-0.15, -0.1) is 0 Å². The molecule has 2 rings (SSSR count). The summed E-state index contributed by atoms with van der Waals surface area (Å²) in [7, 11) is 1.41. The average molecular weight is 448 g/mol. The molecule has 1 aliphatic rings. The molecule has 1 aromatic carbocycles. The van der Waals surface area contributed by atoms with Crippen LogP contribution in [0.5, 0.6) is 0 Å². The highest BCUT2D eigenvalue weighted by molar-refractivity contribution is 5.70. The Morgan fingerprint density at radius 3 is 2.38 bits per heavy atom. The molecule has 1 aromatic rings. The third kappa shape index (κ3) is 9.28. The van der Waals surface area contributed by atoms with Crippen molar-refractivity contribution in [2.75, 3.05) is 26.9 Å². The zero-order valence-electron chi connectivity index (χ0n) is 19.8. The molecule has 1 amide bonds. The minimum atomic E-state index is -0.528. The first kappa shape index (κ1) is 25.7. The van der Waals surface area contributed by atoms with E-state index in [4.69, 9.17) is 14.2 Å². The van der Waals surface area contributed by atoms with E-state index in [-0.39, 0.29) is 48.3 Å². The maximum absolute atomic E-state index is 12.1. The van der Waals surface area contributed by atoms with Gasteiger partial charge in [-0.2, -0.15) is 0 Å². The highest BCUT2D eigenvalue weighted by Crippen LogP contribution is 2.49. The first-order valence-corrected chi connectivity index (χ1v) is 11.3. The number of methoxy groups -OCH3 is 1. The van der Waals surface area contributed by atoms with Gasteiger partial charge in [0.2, 0.25) is 0 Å². The number of hydrogen-bond donors (Lipinski definition) is 1. The molecule has 1 saturated carbocycles. The first-order valence-electron chi connectivity index (χ1n) is 11.3. The molecule has 1 N–H and O–H groups in total. The van der Waals surface area contributed by atoms with E-state index >= 15 is 0 Å². The molecule has 0 spiro atoms. The lowest BCUT2D eigenvalue weighted by atomic mass is 9.60. The van der Waals surface area contributed by atoms with E-state index in [9.17, 15) is 14.4 Å². The number of rotatable bonds is 10. The molecule has 0 bridgehead atoms. The Kier molecular flexibility index (Phi) is 9.54. The normalized spacial score (nSPS) is 21.9. The molecule has 1 fully saturated rings. The van der Waals surface area contributed by atoms with Crippen LogP contribution in [0, 0.1) is 16.7 Å². The first-order chi connectivity index (χ1) is 15.1. The summed E-state index contributed by atoms with van der Waals surface area (Å²) in [6.07, 6.45) is 3.51. The summed E-state index contributed by atoms with van der Waals surface area (Å²) in [4.78, 5) is 35.6. The summed E-state index contributed by atoms with van der Waals surface area (Å²) >= 11 is 0. The number of carbonyl (C=O) groups is 3. The molecule has 0 aromatic heterocycles. The van der Waals surface area contributed by atoms with Gasteiger partial charge in [0.05, 0.1) is 7.11 Å². The van der Waals surface area contributed by atoms with Gasteiger partial charge in [-0.3, -0.25) is 9.59 Å². The zero-order valence-corrected chi connectivity index (χ0v) is 19.8. The smallest absolute Gasteiger partial charge is 0.407 e. The van der Waals surface area contributed by atoms with Crippen molar-refractivity contribution in [2.45, 2.75) is 59.3 Å². The molecule has 1 aliphatic carbocycles. The van der Waals surface area contributed by atoms with Gasteiger partial charge in [0.25, 0.3) is 0 Å². The van der Waals surface area contributed by atoms with E-state index in [0.717, 1.165) is 24.8 Å². The number of esters is 2. The van der Waals surface area contributed by atoms with E-state index < -0.39 is 6.09 Å². The number of amides is 1. The van der Waals surface area contributed by atoms with Crippen LogP contribution in [-0.4, -0.2) is 44.9 Å². The van der Waals surface area contributed by atoms with Gasteiger partial charge in [0, 0.05) is 19.4 Å². The topological polar surface area (TPSA) is 90.9 Å². The minimum absolute atomic E-state index is 0.0100. The number of nitrogens with one attached hydrogen (secondary N) is 1. The summed E-state index contributed by atoms with van der Waals surface area (Å²) in [5.41, 5.74) is 1.02. The number of ether oxygens (including phenoxy) is 3. The Labute approximate surface area is 191 Å². The standard InChI is InChI=1S/C25H37NO6/c1-24(2)15-20(14-22(28)30-4)16-25(3,17-24)18-26-23(29)32-13-12-31-21(27)11-10-19-8-6-5-7-9-19/h5-9,20H,10-18H2,1-4H3,(H,26,29). The second-order valence-electron chi connectivity index (χ2n) is 9.90. The molecule has 32 heavy (non-hydrogen) atoms. The van der Waals surface area contributed by atoms with E-state index in [1.54, 1.807) is 0 Å². The summed E-state index contributed by atoms with van der Waals surface area (Å²) in [5, 5.41) is 2.84. The van der Waals surface area contributed by atoms with Crippen molar-refractivity contribution in [3.63, 3.8) is 0 Å². The van der Waals surface area contributed by atoms with Gasteiger partial charge in [-0.05, 0) is 48.0 Å². The average Bonchev–Trinajstić information content (AvgIpc) is 2.73. The van der Waals surface area contributed by atoms with Gasteiger partial charge in [-0.1, -0.05) is 51.1 Å². The Balaban J connectivity index is 1.66. The molecule has 178 valence electrons. The van der Waals surface area contributed by atoms with Crippen LogP contribution in [0.3, 0.4) is 0 Å². The predicted octanol–water partition coefficient (Wildman–Crippen LogP) is 4.28. The van der Waals surface area contributed by atoms with Crippen molar-refractivity contribution >= 4 is 18.0 Å². The van der Waals surface area contributed by atoms with Gasteiger partial charge >= 0.3 is 18.0 Å². The van der Waals surface area contributed by atoms with Crippen LogP contribution in [0.4, 0.5) is 4.79 Å². The third-order valence-electron chi connectivity index (χ3n) is 5.91. The minimum Gasteiger partial charge on any atom is -0.469 e. The highest BCUT2D eigenvalue weighted by Gasteiger charge is 2.42. The van der Waals surface area contributed by atoms with Gasteiger partial charge in [0.15, 0.2) is 0 Å². The van der Waals surface area contributed by atoms with Crippen LogP contribution in [0.25, 0.3) is 0 Å². The zero-order chi connectivity index (χ0) is 23.6. The van der Waals surface area contributed by atoms with Gasteiger partial charge < -0.3 is 19.5 Å². The van der Waals surface area contributed by atoms with Crippen molar-refractivity contribution in [2.24, 2.45) is 16.7 Å². The fourth-order valence-corrected chi connectivity index (χ4v) is 5.04. The SMILES string of the molecule is COC(=O)CC1CC(C)(C)CC(C)(CNC(=O)OCCOC(=O)CCc2ccccc2)C1. The van der Waals surface area contributed by atoms with Crippen molar-refractivity contribution in [1.29, 1.82) is 0 Å². The maximum Gasteiger partial charge on any atom is 0.407 e. The van der Waals surface area contributed by atoms with Crippen molar-refractivity contribution in [3.8, 4) is 0 Å². The molecule has 0 heterocycles. The quantitative estimate of drug-likeness (QED) is 0.327. The lowest BCUT2D eigenvalue weighted by Crippen LogP contribution is -2.44. The maximum atomic E-state index is 12.1. The number of carbonyl (C=O) groups excluding carboxylic acids is 3. The van der Waals surface area contributed by atoms with Crippen LogP contribution in [-0.2, 0) is 30.2 Å². The fourth-order valence-electron chi connectivity index (χ4n) is 5.04. The second-order valence-corrected chi connectivity index (χ2v) is 9.90. The Bertz CT molecular complexity index is 763. The fraction of sp³-hybridized carbons (Fsp3) is 0.640. The van der Waals surface area contributed by atoms with Crippen molar-refractivity contribution in [1.82, 2.24) is 5.32 Å². The summed E-state index contributed by atoms with van der Waals surface area (Å²) < 4.78 is 15.1. The van der Waals surface area contributed by atoms with Gasteiger partial charge in [0.1, 0.15) is 13.2 Å². The Hall–Kier alpha value is -2.57.